The molecule has 4 rings (SSSR count). The van der Waals surface area contributed by atoms with Crippen molar-refractivity contribution in [2.24, 2.45) is 5.92 Å². The van der Waals surface area contributed by atoms with E-state index < -0.39 is 0 Å². The molecule has 0 bridgehead atoms. The van der Waals surface area contributed by atoms with Gasteiger partial charge in [0.1, 0.15) is 11.6 Å². The molecule has 1 aromatic carbocycles. The smallest absolute Gasteiger partial charge is 0.253 e. The SMILES string of the molecule is O=C(c1ccccc1)N1CCC(CNc2ccnc(C3CC3)n2)CC1. The van der Waals surface area contributed by atoms with Gasteiger partial charge in [0.25, 0.3) is 5.91 Å². The first-order valence-corrected chi connectivity index (χ1v) is 9.21. The molecule has 0 radical (unpaired) electrons. The van der Waals surface area contributed by atoms with Crippen LogP contribution in [0.3, 0.4) is 0 Å². The summed E-state index contributed by atoms with van der Waals surface area (Å²) in [6, 6.07) is 11.5. The number of nitrogens with one attached hydrogen (secondary N) is 1. The first-order valence-electron chi connectivity index (χ1n) is 9.21. The van der Waals surface area contributed by atoms with E-state index in [4.69, 9.17) is 0 Å². The number of rotatable bonds is 5. The second-order valence-electron chi connectivity index (χ2n) is 7.06. The first kappa shape index (κ1) is 16.1. The van der Waals surface area contributed by atoms with E-state index in [9.17, 15) is 4.79 Å². The lowest BCUT2D eigenvalue weighted by atomic mass is 9.96. The summed E-state index contributed by atoms with van der Waals surface area (Å²) in [5.41, 5.74) is 0.785. The molecule has 1 aliphatic carbocycles. The Morgan fingerprint density at radius 1 is 1.08 bits per heavy atom. The van der Waals surface area contributed by atoms with E-state index >= 15 is 0 Å². The summed E-state index contributed by atoms with van der Waals surface area (Å²) >= 11 is 0. The van der Waals surface area contributed by atoms with Crippen molar-refractivity contribution in [1.29, 1.82) is 0 Å². The van der Waals surface area contributed by atoms with Crippen LogP contribution in [0.15, 0.2) is 42.6 Å². The van der Waals surface area contributed by atoms with Crippen LogP contribution >= 0.6 is 0 Å². The Hall–Kier alpha value is -2.43. The number of nitrogens with zero attached hydrogens (tertiary/aromatic N) is 3. The average Bonchev–Trinajstić information content (AvgIpc) is 3.52. The van der Waals surface area contributed by atoms with Crippen molar-refractivity contribution in [2.75, 3.05) is 25.0 Å². The van der Waals surface area contributed by atoms with Gasteiger partial charge in [-0.3, -0.25) is 4.79 Å². The molecule has 0 spiro atoms. The normalized spacial score (nSPS) is 18.2. The highest BCUT2D eigenvalue weighted by Gasteiger charge is 2.27. The molecular weight excluding hydrogens is 312 g/mol. The van der Waals surface area contributed by atoms with Gasteiger partial charge in [-0.25, -0.2) is 9.97 Å². The summed E-state index contributed by atoms with van der Waals surface area (Å²) in [5, 5.41) is 3.46. The molecule has 1 aromatic heterocycles. The van der Waals surface area contributed by atoms with E-state index in [2.05, 4.69) is 15.3 Å². The molecular formula is C20H24N4O. The monoisotopic (exact) mass is 336 g/mol. The highest BCUT2D eigenvalue weighted by atomic mass is 16.2. The number of benzene rings is 1. The van der Waals surface area contributed by atoms with Crippen LogP contribution in [0.25, 0.3) is 0 Å². The Morgan fingerprint density at radius 2 is 1.84 bits per heavy atom. The summed E-state index contributed by atoms with van der Waals surface area (Å²) in [5.74, 6) is 3.22. The number of carbonyl (C=O) groups excluding carboxylic acids is 1. The van der Waals surface area contributed by atoms with Gasteiger partial charge in [-0.2, -0.15) is 0 Å². The second kappa shape index (κ2) is 7.21. The minimum Gasteiger partial charge on any atom is -0.370 e. The molecule has 5 heteroatoms. The maximum Gasteiger partial charge on any atom is 0.253 e. The Kier molecular flexibility index (Phi) is 4.63. The van der Waals surface area contributed by atoms with Crippen molar-refractivity contribution < 1.29 is 4.79 Å². The Bertz CT molecular complexity index is 721. The molecule has 0 unspecified atom stereocenters. The maximum absolute atomic E-state index is 12.5. The van der Waals surface area contributed by atoms with E-state index in [0.717, 1.165) is 49.7 Å². The van der Waals surface area contributed by atoms with Crippen molar-refractivity contribution in [1.82, 2.24) is 14.9 Å². The lowest BCUT2D eigenvalue weighted by molar-refractivity contribution is 0.0695. The van der Waals surface area contributed by atoms with E-state index in [1.807, 2.05) is 47.5 Å². The Morgan fingerprint density at radius 3 is 2.56 bits per heavy atom. The summed E-state index contributed by atoms with van der Waals surface area (Å²) < 4.78 is 0. The Labute approximate surface area is 148 Å². The minimum absolute atomic E-state index is 0.150. The molecule has 5 nitrogen and oxygen atoms in total. The third-order valence-corrected chi connectivity index (χ3v) is 5.11. The number of anilines is 1. The maximum atomic E-state index is 12.5. The van der Waals surface area contributed by atoms with Gasteiger partial charge < -0.3 is 10.2 Å². The molecule has 0 atom stereocenters. The van der Waals surface area contributed by atoms with Crippen LogP contribution in [-0.2, 0) is 0 Å². The summed E-state index contributed by atoms with van der Waals surface area (Å²) in [7, 11) is 0. The number of piperidine rings is 1. The van der Waals surface area contributed by atoms with Gasteiger partial charge >= 0.3 is 0 Å². The van der Waals surface area contributed by atoms with E-state index in [0.29, 0.717) is 11.8 Å². The molecule has 1 saturated carbocycles. The fraction of sp³-hybridized carbons (Fsp3) is 0.450. The predicted octanol–water partition coefficient (Wildman–Crippen LogP) is 3.32. The minimum atomic E-state index is 0.150. The number of hydrogen-bond acceptors (Lipinski definition) is 4. The van der Waals surface area contributed by atoms with Crippen molar-refractivity contribution in [3.63, 3.8) is 0 Å². The van der Waals surface area contributed by atoms with Gasteiger partial charge in [0.05, 0.1) is 0 Å². The molecule has 1 N–H and O–H groups in total. The zero-order valence-electron chi connectivity index (χ0n) is 14.4. The van der Waals surface area contributed by atoms with Crippen LogP contribution in [0.1, 0.15) is 47.8 Å². The van der Waals surface area contributed by atoms with Gasteiger partial charge in [-0.1, -0.05) is 18.2 Å². The molecule has 1 aliphatic heterocycles. The highest BCUT2D eigenvalue weighted by Crippen LogP contribution is 2.38. The quantitative estimate of drug-likeness (QED) is 0.910. The topological polar surface area (TPSA) is 58.1 Å². The molecule has 2 heterocycles. The lowest BCUT2D eigenvalue weighted by Crippen LogP contribution is -2.39. The number of aromatic nitrogens is 2. The molecule has 25 heavy (non-hydrogen) atoms. The Balaban J connectivity index is 1.26. The van der Waals surface area contributed by atoms with Crippen molar-refractivity contribution in [3.8, 4) is 0 Å². The van der Waals surface area contributed by atoms with Gasteiger partial charge in [0.15, 0.2) is 0 Å². The number of amides is 1. The van der Waals surface area contributed by atoms with Crippen molar-refractivity contribution in [3.05, 3.63) is 54.0 Å². The summed E-state index contributed by atoms with van der Waals surface area (Å²) in [6.45, 7) is 2.57. The van der Waals surface area contributed by atoms with Crippen molar-refractivity contribution in [2.45, 2.75) is 31.6 Å². The molecule has 130 valence electrons. The largest absolute Gasteiger partial charge is 0.370 e. The third kappa shape index (κ3) is 3.98. The summed E-state index contributed by atoms with van der Waals surface area (Å²) in [4.78, 5) is 23.4. The zero-order chi connectivity index (χ0) is 17.1. The van der Waals surface area contributed by atoms with Gasteiger partial charge in [-0.15, -0.1) is 0 Å². The zero-order valence-corrected chi connectivity index (χ0v) is 14.4. The van der Waals surface area contributed by atoms with Crippen LogP contribution in [0.5, 0.6) is 0 Å². The van der Waals surface area contributed by atoms with E-state index in [-0.39, 0.29) is 5.91 Å². The molecule has 2 aliphatic rings. The summed E-state index contributed by atoms with van der Waals surface area (Å²) in [6.07, 6.45) is 6.36. The highest BCUT2D eigenvalue weighted by molar-refractivity contribution is 5.94. The van der Waals surface area contributed by atoms with E-state index in [1.165, 1.54) is 12.8 Å². The van der Waals surface area contributed by atoms with Gasteiger partial charge in [0, 0.05) is 37.3 Å². The van der Waals surface area contributed by atoms with Crippen LogP contribution in [-0.4, -0.2) is 40.4 Å². The fourth-order valence-electron chi connectivity index (χ4n) is 3.36. The molecule has 1 amide bonds. The van der Waals surface area contributed by atoms with E-state index in [1.54, 1.807) is 0 Å². The number of likely N-dealkylation sites (tertiary alicyclic amines) is 1. The molecule has 1 saturated heterocycles. The van der Waals surface area contributed by atoms with Crippen LogP contribution < -0.4 is 5.32 Å². The lowest BCUT2D eigenvalue weighted by Gasteiger charge is -2.32. The van der Waals surface area contributed by atoms with Gasteiger partial charge in [-0.05, 0) is 49.8 Å². The van der Waals surface area contributed by atoms with Crippen LogP contribution in [0.2, 0.25) is 0 Å². The van der Waals surface area contributed by atoms with Crippen molar-refractivity contribution >= 4 is 11.7 Å². The fourth-order valence-corrected chi connectivity index (χ4v) is 3.36. The molecule has 2 aromatic rings. The van der Waals surface area contributed by atoms with Crippen LogP contribution in [0, 0.1) is 5.92 Å². The molecule has 2 fully saturated rings. The second-order valence-corrected chi connectivity index (χ2v) is 7.06. The van der Waals surface area contributed by atoms with Crippen LogP contribution in [0.4, 0.5) is 5.82 Å². The number of carbonyl (C=O) groups is 1. The standard InChI is InChI=1S/C20H24N4O/c25-20(17-4-2-1-3-5-17)24-12-9-15(10-13-24)14-22-18-8-11-21-19(23-18)16-6-7-16/h1-5,8,11,15-16H,6-7,9-10,12-14H2,(H,21,22,23). The number of hydrogen-bond donors (Lipinski definition) is 1. The average molecular weight is 336 g/mol. The first-order chi connectivity index (χ1) is 12.3. The van der Waals surface area contributed by atoms with Gasteiger partial charge in [0.2, 0.25) is 0 Å². The predicted molar refractivity (Wildman–Crippen MR) is 97.6 cm³/mol. The third-order valence-electron chi connectivity index (χ3n) is 5.11.